The Morgan fingerprint density at radius 1 is 0.957 bits per heavy atom. The number of esters is 3. The number of allylic oxidation sites excluding steroid dienone is 1. The third-order valence-corrected chi connectivity index (χ3v) is 2.84. The number of rotatable bonds is 3. The number of Topliss-reactive ketones (excluding diaryl/α,β-unsaturated/α-hetero) is 1. The fourth-order valence-electron chi connectivity index (χ4n) is 2.07. The first kappa shape index (κ1) is 18.6. The topological polar surface area (TPSA) is 96.0 Å². The maximum Gasteiger partial charge on any atom is 0.344 e. The van der Waals surface area contributed by atoms with E-state index in [0.717, 1.165) is 19.9 Å². The zero-order valence-corrected chi connectivity index (χ0v) is 14.0. The molecule has 1 aliphatic carbocycles. The predicted octanol–water partition coefficient (Wildman–Crippen LogP) is 1.81. The molecular formula is C16H20O7. The Morgan fingerprint density at radius 2 is 1.43 bits per heavy atom. The maximum absolute atomic E-state index is 12.8. The Morgan fingerprint density at radius 3 is 1.78 bits per heavy atom. The molecule has 1 rings (SSSR count). The molecule has 1 aliphatic rings. The first-order valence-electron chi connectivity index (χ1n) is 6.95. The van der Waals surface area contributed by atoms with Gasteiger partial charge in [0.2, 0.25) is 5.78 Å². The molecule has 0 N–H and O–H groups in total. The van der Waals surface area contributed by atoms with Gasteiger partial charge in [-0.1, -0.05) is 20.8 Å². The van der Waals surface area contributed by atoms with E-state index in [2.05, 4.69) is 0 Å². The Kier molecular flexibility index (Phi) is 5.14. The lowest BCUT2D eigenvalue weighted by Crippen LogP contribution is -2.49. The monoisotopic (exact) mass is 324 g/mol. The van der Waals surface area contributed by atoms with Crippen molar-refractivity contribution < 1.29 is 33.4 Å². The highest BCUT2D eigenvalue weighted by molar-refractivity contribution is 6.06. The van der Waals surface area contributed by atoms with Crippen LogP contribution < -0.4 is 0 Å². The predicted molar refractivity (Wildman–Crippen MR) is 78.7 cm³/mol. The molecule has 0 radical (unpaired) electrons. The normalized spacial score (nSPS) is 16.9. The molecule has 7 heteroatoms. The molecule has 126 valence electrons. The van der Waals surface area contributed by atoms with Crippen molar-refractivity contribution in [1.29, 1.82) is 0 Å². The van der Waals surface area contributed by atoms with E-state index < -0.39 is 34.9 Å². The fourth-order valence-corrected chi connectivity index (χ4v) is 2.07. The molecule has 0 atom stereocenters. The quantitative estimate of drug-likeness (QED) is 0.577. The van der Waals surface area contributed by atoms with Gasteiger partial charge in [-0.05, 0) is 11.5 Å². The summed E-state index contributed by atoms with van der Waals surface area (Å²) in [4.78, 5) is 46.8. The van der Waals surface area contributed by atoms with Crippen LogP contribution in [0, 0.1) is 5.41 Å². The van der Waals surface area contributed by atoms with Crippen molar-refractivity contribution in [3.63, 3.8) is 0 Å². The standard InChI is InChI=1S/C16H20O7/c1-9(17)21-12-7-13(15(4,5)6)14(20)16(8-12,22-10(2)18)23-11(3)19/h7-8H,1-6H3. The molecular weight excluding hydrogens is 304 g/mol. The number of ether oxygens (including phenoxy) is 3. The minimum Gasteiger partial charge on any atom is -0.427 e. The minimum absolute atomic E-state index is 0.0375. The maximum atomic E-state index is 12.8. The molecule has 0 amide bonds. The van der Waals surface area contributed by atoms with E-state index in [4.69, 9.17) is 14.2 Å². The van der Waals surface area contributed by atoms with Crippen molar-refractivity contribution in [3.8, 4) is 0 Å². The van der Waals surface area contributed by atoms with Gasteiger partial charge < -0.3 is 14.2 Å². The molecule has 0 heterocycles. The lowest BCUT2D eigenvalue weighted by atomic mass is 9.78. The van der Waals surface area contributed by atoms with Crippen LogP contribution in [0.25, 0.3) is 0 Å². The molecule has 0 saturated carbocycles. The summed E-state index contributed by atoms with van der Waals surface area (Å²) in [6, 6.07) is 0. The molecule has 0 fully saturated rings. The molecule has 0 spiro atoms. The summed E-state index contributed by atoms with van der Waals surface area (Å²) >= 11 is 0. The zero-order chi connectivity index (χ0) is 18.0. The van der Waals surface area contributed by atoms with Crippen molar-refractivity contribution >= 4 is 23.7 Å². The van der Waals surface area contributed by atoms with Crippen LogP contribution in [-0.2, 0) is 33.4 Å². The second-order valence-corrected chi connectivity index (χ2v) is 6.13. The zero-order valence-electron chi connectivity index (χ0n) is 14.0. The first-order chi connectivity index (χ1) is 10.4. The van der Waals surface area contributed by atoms with Gasteiger partial charge in [0.1, 0.15) is 5.76 Å². The van der Waals surface area contributed by atoms with E-state index in [1.807, 2.05) is 0 Å². The van der Waals surface area contributed by atoms with Gasteiger partial charge in [0.05, 0.1) is 6.08 Å². The van der Waals surface area contributed by atoms with Crippen LogP contribution in [0.15, 0.2) is 23.5 Å². The molecule has 0 aromatic rings. The van der Waals surface area contributed by atoms with Crippen LogP contribution in [0.5, 0.6) is 0 Å². The van der Waals surface area contributed by atoms with Crippen LogP contribution in [0.3, 0.4) is 0 Å². The van der Waals surface area contributed by atoms with Crippen LogP contribution >= 0.6 is 0 Å². The third kappa shape index (κ3) is 4.51. The Labute approximate surface area is 134 Å². The summed E-state index contributed by atoms with van der Waals surface area (Å²) in [6.45, 7) is 8.58. The van der Waals surface area contributed by atoms with E-state index in [9.17, 15) is 19.2 Å². The van der Waals surface area contributed by atoms with E-state index in [0.29, 0.717) is 0 Å². The smallest absolute Gasteiger partial charge is 0.344 e. The van der Waals surface area contributed by atoms with Gasteiger partial charge >= 0.3 is 23.7 Å². The van der Waals surface area contributed by atoms with Crippen LogP contribution in [-0.4, -0.2) is 29.5 Å². The van der Waals surface area contributed by atoms with Crippen LogP contribution in [0.4, 0.5) is 0 Å². The summed E-state index contributed by atoms with van der Waals surface area (Å²) in [5, 5.41) is 0. The SMILES string of the molecule is CC(=O)OC1=CC(OC(C)=O)(OC(C)=O)C(=O)C(C(C)(C)C)=C1. The highest BCUT2D eigenvalue weighted by Crippen LogP contribution is 2.37. The number of carbonyl (C=O) groups is 4. The molecule has 0 aromatic heterocycles. The highest BCUT2D eigenvalue weighted by Gasteiger charge is 2.50. The molecule has 0 bridgehead atoms. The van der Waals surface area contributed by atoms with Crippen LogP contribution in [0.2, 0.25) is 0 Å². The number of hydrogen-bond acceptors (Lipinski definition) is 7. The van der Waals surface area contributed by atoms with E-state index in [-0.39, 0.29) is 11.3 Å². The molecule has 0 saturated heterocycles. The van der Waals surface area contributed by atoms with Crippen molar-refractivity contribution in [3.05, 3.63) is 23.5 Å². The number of hydrogen-bond donors (Lipinski definition) is 0. The van der Waals surface area contributed by atoms with E-state index >= 15 is 0 Å². The first-order valence-corrected chi connectivity index (χ1v) is 6.95. The summed E-state index contributed by atoms with van der Waals surface area (Å²) < 4.78 is 15.0. The lowest BCUT2D eigenvalue weighted by Gasteiger charge is -2.35. The summed E-state index contributed by atoms with van der Waals surface area (Å²) in [6.07, 6.45) is 2.38. The molecule has 23 heavy (non-hydrogen) atoms. The summed E-state index contributed by atoms with van der Waals surface area (Å²) in [7, 11) is 0. The molecule has 7 nitrogen and oxygen atoms in total. The molecule has 0 aromatic carbocycles. The second kappa shape index (κ2) is 6.36. The average Bonchev–Trinajstić information content (AvgIpc) is 2.29. The van der Waals surface area contributed by atoms with Crippen molar-refractivity contribution in [2.45, 2.75) is 47.3 Å². The Bertz CT molecular complexity index is 601. The largest absolute Gasteiger partial charge is 0.427 e. The Hall–Kier alpha value is -2.44. The van der Waals surface area contributed by atoms with Gasteiger partial charge in [-0.2, -0.15) is 0 Å². The van der Waals surface area contributed by atoms with Gasteiger partial charge in [0.15, 0.2) is 0 Å². The molecule has 0 unspecified atom stereocenters. The minimum atomic E-state index is -2.28. The van der Waals surface area contributed by atoms with Gasteiger partial charge in [0, 0.05) is 26.3 Å². The van der Waals surface area contributed by atoms with Crippen molar-refractivity contribution in [2.24, 2.45) is 5.41 Å². The fraction of sp³-hybridized carbons (Fsp3) is 0.500. The average molecular weight is 324 g/mol. The van der Waals surface area contributed by atoms with E-state index in [1.54, 1.807) is 20.8 Å². The number of ketones is 1. The third-order valence-electron chi connectivity index (χ3n) is 2.84. The van der Waals surface area contributed by atoms with Gasteiger partial charge in [-0.15, -0.1) is 0 Å². The Balaban J connectivity index is 3.52. The molecule has 0 aliphatic heterocycles. The highest BCUT2D eigenvalue weighted by atomic mass is 16.7. The second-order valence-electron chi connectivity index (χ2n) is 6.13. The number of carbonyl (C=O) groups excluding carboxylic acids is 4. The van der Waals surface area contributed by atoms with Gasteiger partial charge in [-0.3, -0.25) is 19.2 Å². The van der Waals surface area contributed by atoms with E-state index in [1.165, 1.54) is 13.0 Å². The van der Waals surface area contributed by atoms with Crippen LogP contribution in [0.1, 0.15) is 41.5 Å². The van der Waals surface area contributed by atoms with Crippen molar-refractivity contribution in [2.75, 3.05) is 0 Å². The van der Waals surface area contributed by atoms with Gasteiger partial charge in [-0.25, -0.2) is 0 Å². The van der Waals surface area contributed by atoms with Gasteiger partial charge in [0.25, 0.3) is 0 Å². The summed E-state index contributed by atoms with van der Waals surface area (Å²) in [5.74, 6) is -5.30. The van der Waals surface area contributed by atoms with Crippen molar-refractivity contribution in [1.82, 2.24) is 0 Å². The lowest BCUT2D eigenvalue weighted by molar-refractivity contribution is -0.209. The summed E-state index contributed by atoms with van der Waals surface area (Å²) in [5.41, 5.74) is -0.471.